The molecule has 0 aromatic carbocycles. The van der Waals surface area contributed by atoms with Gasteiger partial charge in [0.15, 0.2) is 0 Å². The maximum atomic E-state index is 11.9. The van der Waals surface area contributed by atoms with Crippen molar-refractivity contribution in [2.75, 3.05) is 0 Å². The third kappa shape index (κ3) is 1.04. The van der Waals surface area contributed by atoms with Crippen LogP contribution in [0.5, 0.6) is 0 Å². The molecule has 0 saturated heterocycles. The van der Waals surface area contributed by atoms with Gasteiger partial charge in [-0.15, -0.1) is 0 Å². The van der Waals surface area contributed by atoms with Gasteiger partial charge in [-0.2, -0.15) is 0 Å². The molecule has 76 valence electrons. The number of carbonyl (C=O) groups excluding carboxylic acids is 1. The number of ketones is 1. The second-order valence-corrected chi connectivity index (χ2v) is 5.61. The van der Waals surface area contributed by atoms with Crippen LogP contribution in [-0.4, -0.2) is 5.78 Å². The maximum absolute atomic E-state index is 11.9. The van der Waals surface area contributed by atoms with Gasteiger partial charge in [0.1, 0.15) is 5.78 Å². The molecule has 4 atom stereocenters. The van der Waals surface area contributed by atoms with Crippen molar-refractivity contribution in [3.05, 3.63) is 12.2 Å². The quantitative estimate of drug-likeness (QED) is 0.625. The van der Waals surface area contributed by atoms with Crippen molar-refractivity contribution < 1.29 is 4.79 Å². The predicted molar refractivity (Wildman–Crippen MR) is 55.7 cm³/mol. The smallest absolute Gasteiger partial charge is 0.140 e. The van der Waals surface area contributed by atoms with Crippen LogP contribution in [0.2, 0.25) is 0 Å². The number of allylic oxidation sites excluding steroid dienone is 1. The van der Waals surface area contributed by atoms with Crippen LogP contribution in [0, 0.1) is 29.6 Å². The second kappa shape index (κ2) is 2.71. The van der Waals surface area contributed by atoms with Gasteiger partial charge in [-0.25, -0.2) is 0 Å². The van der Waals surface area contributed by atoms with E-state index in [1.807, 2.05) is 6.92 Å². The number of rotatable bonds is 3. The van der Waals surface area contributed by atoms with E-state index in [9.17, 15) is 4.79 Å². The summed E-state index contributed by atoms with van der Waals surface area (Å²) in [6.45, 7) is 5.80. The van der Waals surface area contributed by atoms with E-state index in [4.69, 9.17) is 0 Å². The molecule has 3 saturated carbocycles. The van der Waals surface area contributed by atoms with Gasteiger partial charge >= 0.3 is 0 Å². The topological polar surface area (TPSA) is 17.1 Å². The largest absolute Gasteiger partial charge is 0.299 e. The molecule has 0 aliphatic heterocycles. The fourth-order valence-electron chi connectivity index (χ4n) is 4.17. The minimum absolute atomic E-state index is 0.456. The van der Waals surface area contributed by atoms with Gasteiger partial charge in [0.05, 0.1) is 0 Å². The number of Topliss-reactive ketones (excluding diaryl/α,β-unsaturated/α-hetero) is 1. The molecule has 3 aliphatic carbocycles. The molecule has 3 aliphatic rings. The molecule has 14 heavy (non-hydrogen) atoms. The van der Waals surface area contributed by atoms with Crippen LogP contribution in [0.15, 0.2) is 12.2 Å². The van der Waals surface area contributed by atoms with Crippen LogP contribution in [0.1, 0.15) is 32.6 Å². The van der Waals surface area contributed by atoms with E-state index < -0.39 is 0 Å². The Hall–Kier alpha value is -0.590. The van der Waals surface area contributed by atoms with Crippen LogP contribution in [-0.2, 0) is 4.79 Å². The third-order valence-electron chi connectivity index (χ3n) is 4.58. The van der Waals surface area contributed by atoms with Crippen molar-refractivity contribution in [1.29, 1.82) is 0 Å². The number of hydrogen-bond acceptors (Lipinski definition) is 1. The Kier molecular flexibility index (Phi) is 1.68. The van der Waals surface area contributed by atoms with E-state index in [0.29, 0.717) is 18.1 Å². The van der Waals surface area contributed by atoms with E-state index in [-0.39, 0.29) is 0 Å². The summed E-state index contributed by atoms with van der Waals surface area (Å²) in [5, 5.41) is 0. The van der Waals surface area contributed by atoms with Gasteiger partial charge < -0.3 is 0 Å². The zero-order valence-electron chi connectivity index (χ0n) is 8.83. The highest BCUT2D eigenvalue weighted by Crippen LogP contribution is 2.69. The summed E-state index contributed by atoms with van der Waals surface area (Å²) in [4.78, 5) is 11.9. The Morgan fingerprint density at radius 1 is 1.29 bits per heavy atom. The van der Waals surface area contributed by atoms with Crippen LogP contribution >= 0.6 is 0 Å². The van der Waals surface area contributed by atoms with Gasteiger partial charge in [-0.1, -0.05) is 12.2 Å². The lowest BCUT2D eigenvalue weighted by atomic mass is 9.97. The Balaban J connectivity index is 1.68. The first kappa shape index (κ1) is 8.70. The molecule has 0 spiro atoms. The van der Waals surface area contributed by atoms with Gasteiger partial charge in [0.25, 0.3) is 0 Å². The lowest BCUT2D eigenvalue weighted by molar-refractivity contribution is -0.120. The minimum atomic E-state index is 0.456. The Morgan fingerprint density at radius 2 is 1.86 bits per heavy atom. The zero-order valence-corrected chi connectivity index (χ0v) is 8.83. The first-order valence-electron chi connectivity index (χ1n) is 5.85. The van der Waals surface area contributed by atoms with E-state index in [1.54, 1.807) is 0 Å². The van der Waals surface area contributed by atoms with Crippen LogP contribution < -0.4 is 0 Å². The van der Waals surface area contributed by atoms with Crippen LogP contribution in [0.3, 0.4) is 0 Å². The standard InChI is InChI=1S/C13H18O/c1-7(2)5-10(14)13-11-8-3-4-9(6-8)12(11)13/h8-9,11-13H,1,3-6H2,2H3. The first-order valence-corrected chi connectivity index (χ1v) is 5.85. The summed E-state index contributed by atoms with van der Waals surface area (Å²) in [7, 11) is 0. The maximum Gasteiger partial charge on any atom is 0.140 e. The Bertz CT molecular complexity index is 288. The molecule has 3 fully saturated rings. The van der Waals surface area contributed by atoms with Gasteiger partial charge in [0, 0.05) is 12.3 Å². The van der Waals surface area contributed by atoms with Gasteiger partial charge in [-0.3, -0.25) is 4.79 Å². The molecule has 1 heteroatoms. The first-order chi connectivity index (χ1) is 6.68. The monoisotopic (exact) mass is 190 g/mol. The molecular formula is C13H18O. The zero-order chi connectivity index (χ0) is 9.87. The van der Waals surface area contributed by atoms with Crippen LogP contribution in [0.4, 0.5) is 0 Å². The van der Waals surface area contributed by atoms with E-state index in [0.717, 1.165) is 29.2 Å². The van der Waals surface area contributed by atoms with E-state index in [2.05, 4.69) is 6.58 Å². The normalized spacial score (nSPS) is 47.6. The van der Waals surface area contributed by atoms with E-state index in [1.165, 1.54) is 19.3 Å². The highest BCUT2D eigenvalue weighted by molar-refractivity contribution is 5.86. The molecule has 0 amide bonds. The lowest BCUT2D eigenvalue weighted by Gasteiger charge is -2.07. The summed E-state index contributed by atoms with van der Waals surface area (Å²) in [5.41, 5.74) is 1.03. The molecule has 0 aromatic rings. The van der Waals surface area contributed by atoms with Crippen molar-refractivity contribution in [2.45, 2.75) is 32.6 Å². The van der Waals surface area contributed by atoms with Gasteiger partial charge in [0.2, 0.25) is 0 Å². The van der Waals surface area contributed by atoms with Crippen molar-refractivity contribution in [3.8, 4) is 0 Å². The molecule has 0 aromatic heterocycles. The molecule has 1 nitrogen and oxygen atoms in total. The van der Waals surface area contributed by atoms with Gasteiger partial charge in [-0.05, 0) is 49.9 Å². The predicted octanol–water partition coefficient (Wildman–Crippen LogP) is 2.81. The molecule has 0 N–H and O–H groups in total. The van der Waals surface area contributed by atoms with Crippen molar-refractivity contribution in [3.63, 3.8) is 0 Å². The van der Waals surface area contributed by atoms with E-state index >= 15 is 0 Å². The molecule has 3 rings (SSSR count). The Morgan fingerprint density at radius 3 is 2.36 bits per heavy atom. The summed E-state index contributed by atoms with van der Waals surface area (Å²) >= 11 is 0. The molecular weight excluding hydrogens is 172 g/mol. The fourth-order valence-corrected chi connectivity index (χ4v) is 4.17. The average molecular weight is 190 g/mol. The summed E-state index contributed by atoms with van der Waals surface area (Å²) in [6, 6.07) is 0. The lowest BCUT2D eigenvalue weighted by Crippen LogP contribution is -2.09. The fraction of sp³-hybridized carbons (Fsp3) is 0.769. The average Bonchev–Trinajstić information content (AvgIpc) is 2.56. The summed E-state index contributed by atoms with van der Waals surface area (Å²) in [5.74, 6) is 4.40. The Labute approximate surface area is 85.6 Å². The van der Waals surface area contributed by atoms with Crippen LogP contribution in [0.25, 0.3) is 0 Å². The van der Waals surface area contributed by atoms with Crippen molar-refractivity contribution in [2.24, 2.45) is 29.6 Å². The SMILES string of the molecule is C=C(C)CC(=O)C1C2C3CCC(C3)C12. The second-order valence-electron chi connectivity index (χ2n) is 5.61. The number of hydrogen-bond donors (Lipinski definition) is 0. The molecule has 4 unspecified atom stereocenters. The minimum Gasteiger partial charge on any atom is -0.299 e. The number of fused-ring (bicyclic) bond motifs is 5. The molecule has 0 radical (unpaired) electrons. The van der Waals surface area contributed by atoms with Crippen molar-refractivity contribution in [1.82, 2.24) is 0 Å². The third-order valence-corrected chi connectivity index (χ3v) is 4.58. The highest BCUT2D eigenvalue weighted by atomic mass is 16.1. The molecule has 0 heterocycles. The molecule has 2 bridgehead atoms. The summed E-state index contributed by atoms with van der Waals surface area (Å²) < 4.78 is 0. The highest BCUT2D eigenvalue weighted by Gasteiger charge is 2.66. The van der Waals surface area contributed by atoms with Crippen molar-refractivity contribution >= 4 is 5.78 Å². The summed E-state index contributed by atoms with van der Waals surface area (Å²) in [6.07, 6.45) is 4.88. The number of carbonyl (C=O) groups is 1.